The standard InChI is InChI=1S/C11H18N4S2/c1-2-13-10-6-12-7-11(15-10)14-5-9-8-16-3-4-17-9/h6-7,9H,2-5,8H2,1H3,(H2,13,14,15). The van der Waals surface area contributed by atoms with E-state index in [0.717, 1.165) is 24.7 Å². The van der Waals surface area contributed by atoms with Crippen molar-refractivity contribution in [3.8, 4) is 0 Å². The first-order chi connectivity index (χ1) is 8.38. The molecule has 1 fully saturated rings. The van der Waals surface area contributed by atoms with Crippen LogP contribution in [0.1, 0.15) is 6.92 Å². The fourth-order valence-corrected chi connectivity index (χ4v) is 4.20. The van der Waals surface area contributed by atoms with Crippen molar-refractivity contribution in [1.29, 1.82) is 0 Å². The molecule has 1 unspecified atom stereocenters. The minimum Gasteiger partial charge on any atom is -0.369 e. The summed E-state index contributed by atoms with van der Waals surface area (Å²) in [5.74, 6) is 5.48. The summed E-state index contributed by atoms with van der Waals surface area (Å²) in [6.07, 6.45) is 3.53. The maximum Gasteiger partial charge on any atom is 0.146 e. The molecule has 1 aliphatic heterocycles. The zero-order chi connectivity index (χ0) is 11.9. The molecule has 0 saturated carbocycles. The lowest BCUT2D eigenvalue weighted by atomic mass is 10.4. The van der Waals surface area contributed by atoms with E-state index in [0.29, 0.717) is 5.25 Å². The lowest BCUT2D eigenvalue weighted by Crippen LogP contribution is -2.23. The van der Waals surface area contributed by atoms with Gasteiger partial charge in [-0.2, -0.15) is 23.5 Å². The van der Waals surface area contributed by atoms with Gasteiger partial charge >= 0.3 is 0 Å². The Bertz CT molecular complexity index is 342. The van der Waals surface area contributed by atoms with Gasteiger partial charge in [-0.3, -0.25) is 4.98 Å². The minimum absolute atomic E-state index is 0.693. The van der Waals surface area contributed by atoms with Gasteiger partial charge in [-0.25, -0.2) is 4.98 Å². The third-order valence-electron chi connectivity index (χ3n) is 2.39. The molecule has 0 amide bonds. The van der Waals surface area contributed by atoms with E-state index in [2.05, 4.69) is 27.5 Å². The number of hydrogen-bond acceptors (Lipinski definition) is 6. The van der Waals surface area contributed by atoms with Gasteiger partial charge in [0.2, 0.25) is 0 Å². The molecule has 0 aliphatic carbocycles. The summed E-state index contributed by atoms with van der Waals surface area (Å²) in [6.45, 7) is 3.90. The average molecular weight is 270 g/mol. The summed E-state index contributed by atoms with van der Waals surface area (Å²) in [5, 5.41) is 7.22. The molecule has 0 aromatic carbocycles. The third kappa shape index (κ3) is 4.27. The van der Waals surface area contributed by atoms with E-state index in [4.69, 9.17) is 0 Å². The van der Waals surface area contributed by atoms with Gasteiger partial charge in [0.1, 0.15) is 11.6 Å². The first-order valence-corrected chi connectivity index (χ1v) is 8.08. The van der Waals surface area contributed by atoms with Gasteiger partial charge in [-0.15, -0.1) is 0 Å². The van der Waals surface area contributed by atoms with Crippen molar-refractivity contribution >= 4 is 35.2 Å². The van der Waals surface area contributed by atoms with Crippen LogP contribution < -0.4 is 10.6 Å². The Morgan fingerprint density at radius 3 is 2.82 bits per heavy atom. The van der Waals surface area contributed by atoms with Gasteiger partial charge in [-0.1, -0.05) is 0 Å². The molecule has 2 rings (SSSR count). The molecule has 1 aliphatic rings. The molecule has 4 nitrogen and oxygen atoms in total. The van der Waals surface area contributed by atoms with Crippen LogP contribution in [0, 0.1) is 0 Å². The molecule has 1 aromatic rings. The lowest BCUT2D eigenvalue weighted by molar-refractivity contribution is 0.986. The number of rotatable bonds is 5. The molecule has 1 atom stereocenters. The molecule has 1 saturated heterocycles. The summed E-state index contributed by atoms with van der Waals surface area (Å²) < 4.78 is 0. The summed E-state index contributed by atoms with van der Waals surface area (Å²) in [6, 6.07) is 0. The zero-order valence-electron chi connectivity index (χ0n) is 9.98. The highest BCUT2D eigenvalue weighted by Gasteiger charge is 2.13. The predicted octanol–water partition coefficient (Wildman–Crippen LogP) is 2.17. The Morgan fingerprint density at radius 1 is 1.29 bits per heavy atom. The molecule has 2 heterocycles. The van der Waals surface area contributed by atoms with E-state index < -0.39 is 0 Å². The highest BCUT2D eigenvalue weighted by atomic mass is 32.2. The van der Waals surface area contributed by atoms with E-state index >= 15 is 0 Å². The summed E-state index contributed by atoms with van der Waals surface area (Å²) >= 11 is 4.09. The molecule has 0 spiro atoms. The van der Waals surface area contributed by atoms with E-state index in [1.807, 2.05) is 23.5 Å². The van der Waals surface area contributed by atoms with E-state index in [-0.39, 0.29) is 0 Å². The van der Waals surface area contributed by atoms with Crippen molar-refractivity contribution in [2.24, 2.45) is 0 Å². The van der Waals surface area contributed by atoms with Crippen LogP contribution in [0.4, 0.5) is 11.6 Å². The molecule has 94 valence electrons. The average Bonchev–Trinajstić information content (AvgIpc) is 2.39. The highest BCUT2D eigenvalue weighted by Crippen LogP contribution is 2.24. The Morgan fingerprint density at radius 2 is 2.12 bits per heavy atom. The van der Waals surface area contributed by atoms with Crippen LogP contribution in [0.2, 0.25) is 0 Å². The molecule has 0 radical (unpaired) electrons. The van der Waals surface area contributed by atoms with Crippen LogP contribution >= 0.6 is 23.5 Å². The van der Waals surface area contributed by atoms with Gasteiger partial charge in [0.15, 0.2) is 0 Å². The summed E-state index contributed by atoms with van der Waals surface area (Å²) in [7, 11) is 0. The van der Waals surface area contributed by atoms with Crippen molar-refractivity contribution in [1.82, 2.24) is 9.97 Å². The van der Waals surface area contributed by atoms with Crippen molar-refractivity contribution in [2.75, 3.05) is 41.0 Å². The Labute approximate surface area is 111 Å². The molecule has 2 N–H and O–H groups in total. The van der Waals surface area contributed by atoms with Crippen LogP contribution in [-0.4, -0.2) is 45.6 Å². The minimum atomic E-state index is 0.693. The zero-order valence-corrected chi connectivity index (χ0v) is 11.6. The number of anilines is 2. The fraction of sp³-hybridized carbons (Fsp3) is 0.636. The predicted molar refractivity (Wildman–Crippen MR) is 78.3 cm³/mol. The molecular formula is C11H18N4S2. The molecule has 0 bridgehead atoms. The highest BCUT2D eigenvalue weighted by molar-refractivity contribution is 8.06. The largest absolute Gasteiger partial charge is 0.369 e. The molecular weight excluding hydrogens is 252 g/mol. The maximum absolute atomic E-state index is 4.45. The second-order valence-corrected chi connectivity index (χ2v) is 6.33. The van der Waals surface area contributed by atoms with E-state index in [1.54, 1.807) is 12.4 Å². The van der Waals surface area contributed by atoms with Crippen molar-refractivity contribution in [3.05, 3.63) is 12.4 Å². The van der Waals surface area contributed by atoms with Gasteiger partial charge in [0.25, 0.3) is 0 Å². The van der Waals surface area contributed by atoms with Crippen LogP contribution in [0.3, 0.4) is 0 Å². The van der Waals surface area contributed by atoms with Crippen LogP contribution in [0.25, 0.3) is 0 Å². The number of aromatic nitrogens is 2. The SMILES string of the molecule is CCNc1cncc(NCC2CSCCS2)n1. The number of hydrogen-bond donors (Lipinski definition) is 2. The van der Waals surface area contributed by atoms with Crippen molar-refractivity contribution in [2.45, 2.75) is 12.2 Å². The summed E-state index contributed by atoms with van der Waals surface area (Å²) in [5.41, 5.74) is 0. The second kappa shape index (κ2) is 6.96. The second-order valence-electron chi connectivity index (χ2n) is 3.77. The quantitative estimate of drug-likeness (QED) is 0.855. The smallest absolute Gasteiger partial charge is 0.146 e. The van der Waals surface area contributed by atoms with Crippen LogP contribution in [0.15, 0.2) is 12.4 Å². The number of nitrogens with one attached hydrogen (secondary N) is 2. The maximum atomic E-state index is 4.45. The lowest BCUT2D eigenvalue weighted by Gasteiger charge is -2.21. The van der Waals surface area contributed by atoms with Crippen LogP contribution in [0.5, 0.6) is 0 Å². The first kappa shape index (κ1) is 12.8. The number of nitrogens with zero attached hydrogens (tertiary/aromatic N) is 2. The Hall–Kier alpha value is -0.620. The fourth-order valence-electron chi connectivity index (χ4n) is 1.59. The Kier molecular flexibility index (Phi) is 5.25. The Balaban J connectivity index is 1.83. The van der Waals surface area contributed by atoms with Crippen molar-refractivity contribution < 1.29 is 0 Å². The monoisotopic (exact) mass is 270 g/mol. The summed E-state index contributed by atoms with van der Waals surface area (Å²) in [4.78, 5) is 8.61. The normalized spacial score (nSPS) is 19.9. The van der Waals surface area contributed by atoms with Gasteiger partial charge in [0, 0.05) is 35.6 Å². The topological polar surface area (TPSA) is 49.8 Å². The molecule has 1 aromatic heterocycles. The molecule has 6 heteroatoms. The van der Waals surface area contributed by atoms with E-state index in [1.165, 1.54) is 17.3 Å². The van der Waals surface area contributed by atoms with Crippen LogP contribution in [-0.2, 0) is 0 Å². The van der Waals surface area contributed by atoms with Gasteiger partial charge in [0.05, 0.1) is 12.4 Å². The van der Waals surface area contributed by atoms with Gasteiger partial charge < -0.3 is 10.6 Å². The van der Waals surface area contributed by atoms with E-state index in [9.17, 15) is 0 Å². The van der Waals surface area contributed by atoms with Gasteiger partial charge in [-0.05, 0) is 6.92 Å². The van der Waals surface area contributed by atoms with Crippen molar-refractivity contribution in [3.63, 3.8) is 0 Å². The molecule has 17 heavy (non-hydrogen) atoms. The third-order valence-corrected chi connectivity index (χ3v) is 5.23. The first-order valence-electron chi connectivity index (χ1n) is 5.87. The number of thioether (sulfide) groups is 2.